The molecule has 0 amide bonds. The highest BCUT2D eigenvalue weighted by atomic mass is 32.2. The molecule has 0 unspecified atom stereocenters. The number of rotatable bonds is 25. The Morgan fingerprint density at radius 3 is 0.750 bits per heavy atom. The van der Waals surface area contributed by atoms with Gasteiger partial charge in [0.25, 0.3) is 0 Å². The van der Waals surface area contributed by atoms with Crippen molar-refractivity contribution in [3.63, 3.8) is 0 Å². The maximum absolute atomic E-state index is 2.30. The second-order valence-electron chi connectivity index (χ2n) is 8.59. The van der Waals surface area contributed by atoms with E-state index in [1.807, 2.05) is 0 Å². The molecule has 0 heterocycles. The number of unbranched alkanes of at least 4 members (excludes halogenated alkanes) is 17. The molecular weight excluding hydrogens is 376 g/mol. The van der Waals surface area contributed by atoms with Crippen molar-refractivity contribution in [1.29, 1.82) is 0 Å². The lowest BCUT2D eigenvalue weighted by atomic mass is 10.1. The summed E-state index contributed by atoms with van der Waals surface area (Å²) in [5, 5.41) is 0. The van der Waals surface area contributed by atoms with Crippen LogP contribution in [0.15, 0.2) is 0 Å². The third-order valence-corrected chi connectivity index (χ3v) is 7.92. The van der Waals surface area contributed by atoms with Gasteiger partial charge in [0.1, 0.15) is 0 Å². The van der Waals surface area contributed by atoms with Gasteiger partial charge in [-0.2, -0.15) is 23.5 Å². The molecule has 0 N–H and O–H groups in total. The number of hydrogen-bond donors (Lipinski definition) is 0. The van der Waals surface area contributed by atoms with Crippen molar-refractivity contribution in [1.82, 2.24) is 0 Å². The summed E-state index contributed by atoms with van der Waals surface area (Å²) in [5.41, 5.74) is 0. The summed E-state index contributed by atoms with van der Waals surface area (Å²) in [4.78, 5) is 0. The Kier molecular flexibility index (Phi) is 28.4. The van der Waals surface area contributed by atoms with Crippen LogP contribution in [0.25, 0.3) is 0 Å². The van der Waals surface area contributed by atoms with Crippen LogP contribution in [-0.2, 0) is 0 Å². The van der Waals surface area contributed by atoms with E-state index in [2.05, 4.69) is 37.4 Å². The SMILES string of the molecule is CCCCCCCSCCCCCCCCCCCCSCCCCCCC. The Hall–Kier alpha value is 0.700. The third-order valence-electron chi connectivity index (χ3n) is 5.61. The van der Waals surface area contributed by atoms with E-state index in [0.717, 1.165) is 0 Å². The molecule has 170 valence electrons. The average molecular weight is 431 g/mol. The molecule has 0 radical (unpaired) electrons. The molecule has 0 bridgehead atoms. The zero-order valence-corrected chi connectivity index (χ0v) is 21.4. The first-order chi connectivity index (χ1) is 13.9. The molecule has 0 aromatic rings. The summed E-state index contributed by atoms with van der Waals surface area (Å²) in [6.45, 7) is 4.60. The molecule has 0 aliphatic carbocycles. The van der Waals surface area contributed by atoms with Gasteiger partial charge in [-0.05, 0) is 48.7 Å². The normalized spacial score (nSPS) is 11.4. The van der Waals surface area contributed by atoms with Gasteiger partial charge in [-0.25, -0.2) is 0 Å². The Morgan fingerprint density at radius 2 is 0.500 bits per heavy atom. The Labute approximate surface area is 188 Å². The molecule has 0 saturated heterocycles. The minimum atomic E-state index is 1.37. The molecular formula is C26H54S2. The van der Waals surface area contributed by atoms with Crippen molar-refractivity contribution in [3.05, 3.63) is 0 Å². The molecule has 0 aliphatic rings. The van der Waals surface area contributed by atoms with E-state index in [-0.39, 0.29) is 0 Å². The van der Waals surface area contributed by atoms with Gasteiger partial charge in [-0.3, -0.25) is 0 Å². The van der Waals surface area contributed by atoms with Gasteiger partial charge in [-0.15, -0.1) is 0 Å². The number of thioether (sulfide) groups is 2. The summed E-state index contributed by atoms with van der Waals surface area (Å²) >= 11 is 4.40. The van der Waals surface area contributed by atoms with Gasteiger partial charge in [0, 0.05) is 0 Å². The molecule has 0 spiro atoms. The fourth-order valence-corrected chi connectivity index (χ4v) is 5.68. The molecule has 0 aromatic heterocycles. The molecule has 0 nitrogen and oxygen atoms in total. The summed E-state index contributed by atoms with van der Waals surface area (Å²) in [6.07, 6.45) is 29.1. The minimum absolute atomic E-state index is 1.37. The second kappa shape index (κ2) is 27.7. The average Bonchev–Trinajstić information content (AvgIpc) is 2.71. The van der Waals surface area contributed by atoms with Gasteiger partial charge in [0.2, 0.25) is 0 Å². The van der Waals surface area contributed by atoms with Crippen LogP contribution in [0.5, 0.6) is 0 Å². The van der Waals surface area contributed by atoms with E-state index in [9.17, 15) is 0 Å². The quantitative estimate of drug-likeness (QED) is 0.132. The Balaban J connectivity index is 2.96. The summed E-state index contributed by atoms with van der Waals surface area (Å²) in [5.74, 6) is 5.62. The van der Waals surface area contributed by atoms with E-state index < -0.39 is 0 Å². The fourth-order valence-electron chi connectivity index (χ4n) is 3.64. The zero-order chi connectivity index (χ0) is 20.4. The molecule has 0 fully saturated rings. The van der Waals surface area contributed by atoms with Crippen LogP contribution >= 0.6 is 23.5 Å². The zero-order valence-electron chi connectivity index (χ0n) is 19.8. The van der Waals surface area contributed by atoms with Crippen LogP contribution in [0, 0.1) is 0 Å². The molecule has 0 aromatic carbocycles. The van der Waals surface area contributed by atoms with Crippen LogP contribution in [0.1, 0.15) is 142 Å². The van der Waals surface area contributed by atoms with Gasteiger partial charge in [0.05, 0.1) is 0 Å². The van der Waals surface area contributed by atoms with E-state index in [1.165, 1.54) is 151 Å². The van der Waals surface area contributed by atoms with Crippen LogP contribution in [0.2, 0.25) is 0 Å². The molecule has 0 rings (SSSR count). The van der Waals surface area contributed by atoms with Gasteiger partial charge >= 0.3 is 0 Å². The maximum atomic E-state index is 2.30. The van der Waals surface area contributed by atoms with Crippen LogP contribution in [0.3, 0.4) is 0 Å². The summed E-state index contributed by atoms with van der Waals surface area (Å²) in [7, 11) is 0. The van der Waals surface area contributed by atoms with E-state index >= 15 is 0 Å². The monoisotopic (exact) mass is 430 g/mol. The Morgan fingerprint density at radius 1 is 0.286 bits per heavy atom. The largest absolute Gasteiger partial charge is 0.162 e. The first kappa shape index (κ1) is 28.7. The predicted molar refractivity (Wildman–Crippen MR) is 138 cm³/mol. The Bertz CT molecular complexity index is 229. The summed E-state index contributed by atoms with van der Waals surface area (Å²) < 4.78 is 0. The van der Waals surface area contributed by atoms with Crippen LogP contribution < -0.4 is 0 Å². The van der Waals surface area contributed by atoms with Gasteiger partial charge in [0.15, 0.2) is 0 Å². The molecule has 2 heteroatoms. The van der Waals surface area contributed by atoms with Crippen molar-refractivity contribution >= 4 is 23.5 Å². The smallest absolute Gasteiger partial charge is 0.00675 e. The highest BCUT2D eigenvalue weighted by Gasteiger charge is 1.96. The molecule has 28 heavy (non-hydrogen) atoms. The van der Waals surface area contributed by atoms with E-state index in [0.29, 0.717) is 0 Å². The highest BCUT2D eigenvalue weighted by molar-refractivity contribution is 7.99. The first-order valence-electron chi connectivity index (χ1n) is 13.1. The van der Waals surface area contributed by atoms with Crippen LogP contribution in [0.4, 0.5) is 0 Å². The topological polar surface area (TPSA) is 0 Å². The standard InChI is InChI=1S/C26H54S2/c1-3-5-7-15-19-23-27-25-21-17-13-11-9-10-12-14-18-22-26-28-24-20-16-8-6-4-2/h3-26H2,1-2H3. The third kappa shape index (κ3) is 26.7. The maximum Gasteiger partial charge on any atom is -0.00675 e. The van der Waals surface area contributed by atoms with Gasteiger partial charge in [-0.1, -0.05) is 117 Å². The molecule has 0 aliphatic heterocycles. The van der Waals surface area contributed by atoms with E-state index in [1.54, 1.807) is 0 Å². The number of hydrogen-bond acceptors (Lipinski definition) is 2. The molecule has 0 atom stereocenters. The lowest BCUT2D eigenvalue weighted by Gasteiger charge is -2.04. The molecule has 0 saturated carbocycles. The lowest BCUT2D eigenvalue weighted by Crippen LogP contribution is -1.87. The van der Waals surface area contributed by atoms with Crippen molar-refractivity contribution in [3.8, 4) is 0 Å². The highest BCUT2D eigenvalue weighted by Crippen LogP contribution is 2.15. The fraction of sp³-hybridized carbons (Fsp3) is 1.00. The van der Waals surface area contributed by atoms with E-state index in [4.69, 9.17) is 0 Å². The van der Waals surface area contributed by atoms with Gasteiger partial charge < -0.3 is 0 Å². The second-order valence-corrected chi connectivity index (χ2v) is 11.0. The first-order valence-corrected chi connectivity index (χ1v) is 15.4. The van der Waals surface area contributed by atoms with Crippen molar-refractivity contribution in [2.24, 2.45) is 0 Å². The van der Waals surface area contributed by atoms with Crippen LogP contribution in [-0.4, -0.2) is 23.0 Å². The van der Waals surface area contributed by atoms with Crippen molar-refractivity contribution < 1.29 is 0 Å². The van der Waals surface area contributed by atoms with Crippen molar-refractivity contribution in [2.75, 3.05) is 23.0 Å². The lowest BCUT2D eigenvalue weighted by molar-refractivity contribution is 0.564. The minimum Gasteiger partial charge on any atom is -0.162 e. The predicted octanol–water partition coefficient (Wildman–Crippen LogP) is 10.3. The summed E-state index contributed by atoms with van der Waals surface area (Å²) in [6, 6.07) is 0. The van der Waals surface area contributed by atoms with Crippen molar-refractivity contribution in [2.45, 2.75) is 142 Å².